The van der Waals surface area contributed by atoms with E-state index in [1.165, 1.54) is 19.2 Å². The van der Waals surface area contributed by atoms with Crippen molar-refractivity contribution in [3.8, 4) is 17.2 Å². The largest absolute Gasteiger partial charge is 0.497 e. The molecule has 176 valence electrons. The summed E-state index contributed by atoms with van der Waals surface area (Å²) in [5.74, 6) is 0.311. The maximum Gasteiger partial charge on any atom is 0.324 e. The fourth-order valence-electron chi connectivity index (χ4n) is 3.70. The molecule has 4 rings (SSSR count). The third-order valence-corrected chi connectivity index (χ3v) is 7.24. The lowest BCUT2D eigenvalue weighted by molar-refractivity contribution is -0.150. The number of carbonyl (C=O) groups excluding carboxylic acids is 2. The van der Waals surface area contributed by atoms with Crippen LogP contribution in [0.2, 0.25) is 0 Å². The van der Waals surface area contributed by atoms with Gasteiger partial charge in [0.05, 0.1) is 12.0 Å². The summed E-state index contributed by atoms with van der Waals surface area (Å²) in [5, 5.41) is 2.62. The number of rotatable bonds is 7. The second-order valence-electron chi connectivity index (χ2n) is 7.46. The Labute approximate surface area is 191 Å². The summed E-state index contributed by atoms with van der Waals surface area (Å²) < 4.78 is 48.3. The van der Waals surface area contributed by atoms with Gasteiger partial charge in [-0.2, -0.15) is 4.31 Å². The highest BCUT2D eigenvalue weighted by Gasteiger charge is 2.40. The Morgan fingerprint density at radius 3 is 2.55 bits per heavy atom. The van der Waals surface area contributed by atoms with Gasteiger partial charge in [-0.15, -0.1) is 0 Å². The number of anilines is 1. The Morgan fingerprint density at radius 2 is 1.82 bits per heavy atom. The number of amides is 1. The van der Waals surface area contributed by atoms with Gasteiger partial charge in [-0.3, -0.25) is 9.59 Å². The van der Waals surface area contributed by atoms with Gasteiger partial charge in [0.1, 0.15) is 25.0 Å². The lowest BCUT2D eigenvalue weighted by atomic mass is 10.2. The summed E-state index contributed by atoms with van der Waals surface area (Å²) in [6.07, 6.45) is 0.830. The first-order valence-electron chi connectivity index (χ1n) is 10.4. The van der Waals surface area contributed by atoms with Crippen molar-refractivity contribution in [2.24, 2.45) is 0 Å². The third kappa shape index (κ3) is 5.04. The molecule has 0 bridgehead atoms. The fourth-order valence-corrected chi connectivity index (χ4v) is 5.34. The minimum Gasteiger partial charge on any atom is -0.497 e. The predicted molar refractivity (Wildman–Crippen MR) is 117 cm³/mol. The van der Waals surface area contributed by atoms with Crippen LogP contribution in [-0.4, -0.2) is 64.1 Å². The van der Waals surface area contributed by atoms with Crippen LogP contribution in [0, 0.1) is 0 Å². The summed E-state index contributed by atoms with van der Waals surface area (Å²) in [6.45, 7) is 0.526. The summed E-state index contributed by atoms with van der Waals surface area (Å²) in [4.78, 5) is 24.9. The monoisotopic (exact) mass is 476 g/mol. The number of benzene rings is 2. The van der Waals surface area contributed by atoms with Gasteiger partial charge in [-0.05, 0) is 49.2 Å². The Balaban J connectivity index is 1.35. The molecule has 0 unspecified atom stereocenters. The van der Waals surface area contributed by atoms with Crippen molar-refractivity contribution >= 4 is 27.6 Å². The predicted octanol–water partition coefficient (Wildman–Crippen LogP) is 1.80. The first-order chi connectivity index (χ1) is 15.9. The van der Waals surface area contributed by atoms with Crippen LogP contribution < -0.4 is 19.5 Å². The van der Waals surface area contributed by atoms with Crippen LogP contribution in [0.4, 0.5) is 5.69 Å². The van der Waals surface area contributed by atoms with Crippen molar-refractivity contribution < 1.29 is 37.0 Å². The van der Waals surface area contributed by atoms with Crippen LogP contribution in [0.25, 0.3) is 0 Å². The molecule has 1 N–H and O–H groups in total. The molecule has 0 saturated carbocycles. The summed E-state index contributed by atoms with van der Waals surface area (Å²) in [7, 11) is -2.42. The molecule has 1 atom stereocenters. The van der Waals surface area contributed by atoms with E-state index in [0.29, 0.717) is 49.0 Å². The van der Waals surface area contributed by atoms with Crippen LogP contribution in [0.5, 0.6) is 17.2 Å². The minimum absolute atomic E-state index is 0.0550. The molecule has 1 amide bonds. The number of hydrogen-bond donors (Lipinski definition) is 1. The smallest absolute Gasteiger partial charge is 0.324 e. The first kappa shape index (κ1) is 22.9. The zero-order valence-electron chi connectivity index (χ0n) is 18.0. The highest BCUT2D eigenvalue weighted by molar-refractivity contribution is 7.89. The number of sulfonamides is 1. The number of nitrogens with one attached hydrogen (secondary N) is 1. The number of carbonyl (C=O) groups is 2. The maximum atomic E-state index is 13.0. The molecule has 0 aromatic heterocycles. The topological polar surface area (TPSA) is 120 Å². The van der Waals surface area contributed by atoms with E-state index in [-0.39, 0.29) is 11.4 Å². The summed E-state index contributed by atoms with van der Waals surface area (Å²) in [6, 6.07) is 9.89. The molecule has 2 aliphatic heterocycles. The van der Waals surface area contributed by atoms with Crippen molar-refractivity contribution in [3.63, 3.8) is 0 Å². The van der Waals surface area contributed by atoms with Gasteiger partial charge in [0.15, 0.2) is 18.1 Å². The van der Waals surface area contributed by atoms with Crippen LogP contribution >= 0.6 is 0 Å². The average molecular weight is 477 g/mol. The van der Waals surface area contributed by atoms with Gasteiger partial charge < -0.3 is 24.3 Å². The maximum absolute atomic E-state index is 13.0. The first-order valence-corrected chi connectivity index (χ1v) is 11.8. The Hall–Kier alpha value is -3.31. The minimum atomic E-state index is -3.90. The molecule has 2 aliphatic rings. The van der Waals surface area contributed by atoms with Crippen molar-refractivity contribution in [1.82, 2.24) is 4.31 Å². The van der Waals surface area contributed by atoms with Gasteiger partial charge in [-0.1, -0.05) is 0 Å². The molecule has 10 nitrogen and oxygen atoms in total. The molecule has 0 aliphatic carbocycles. The van der Waals surface area contributed by atoms with E-state index in [9.17, 15) is 18.0 Å². The van der Waals surface area contributed by atoms with Gasteiger partial charge in [0.2, 0.25) is 10.0 Å². The molecular formula is C22H24N2O8S. The van der Waals surface area contributed by atoms with E-state index in [0.717, 1.165) is 4.31 Å². The number of esters is 1. The molecule has 2 heterocycles. The molecule has 33 heavy (non-hydrogen) atoms. The van der Waals surface area contributed by atoms with E-state index < -0.39 is 34.5 Å². The summed E-state index contributed by atoms with van der Waals surface area (Å²) >= 11 is 0. The van der Waals surface area contributed by atoms with Crippen LogP contribution in [-0.2, 0) is 24.3 Å². The lowest BCUT2D eigenvalue weighted by Crippen LogP contribution is -2.42. The molecule has 1 fully saturated rings. The molecule has 2 aromatic carbocycles. The quantitative estimate of drug-likeness (QED) is 0.601. The number of ether oxygens (including phenoxy) is 4. The van der Waals surface area contributed by atoms with E-state index in [1.807, 2.05) is 0 Å². The van der Waals surface area contributed by atoms with Crippen molar-refractivity contribution in [2.75, 3.05) is 38.8 Å². The average Bonchev–Trinajstić information content (AvgIpc) is 3.34. The van der Waals surface area contributed by atoms with Gasteiger partial charge in [0, 0.05) is 18.3 Å². The zero-order chi connectivity index (χ0) is 23.4. The molecule has 11 heteroatoms. The van der Waals surface area contributed by atoms with E-state index in [2.05, 4.69) is 5.32 Å². The Kier molecular flexibility index (Phi) is 6.70. The second kappa shape index (κ2) is 9.67. The number of hydrogen-bond acceptors (Lipinski definition) is 8. The number of fused-ring (bicyclic) bond motifs is 1. The van der Waals surface area contributed by atoms with E-state index in [1.54, 1.807) is 30.3 Å². The number of nitrogens with zero attached hydrogens (tertiary/aromatic N) is 1. The zero-order valence-corrected chi connectivity index (χ0v) is 18.8. The van der Waals surface area contributed by atoms with E-state index in [4.69, 9.17) is 18.9 Å². The standard InChI is InChI=1S/C22H24N2O8S/c1-29-16-5-7-17(8-6-16)33(27,28)24-10-2-3-18(24)22(26)32-14-21(25)23-15-4-9-19-20(13-15)31-12-11-30-19/h4-9,13,18H,2-3,10-12,14H2,1H3,(H,23,25)/t18-/m0/s1. The normalized spacial score (nSPS) is 17.9. The highest BCUT2D eigenvalue weighted by atomic mass is 32.2. The molecule has 2 aromatic rings. The second-order valence-corrected chi connectivity index (χ2v) is 9.35. The van der Waals surface area contributed by atoms with Crippen LogP contribution in [0.15, 0.2) is 47.4 Å². The van der Waals surface area contributed by atoms with Crippen molar-refractivity contribution in [3.05, 3.63) is 42.5 Å². The fraction of sp³-hybridized carbons (Fsp3) is 0.364. The van der Waals surface area contributed by atoms with Crippen LogP contribution in [0.1, 0.15) is 12.8 Å². The van der Waals surface area contributed by atoms with Crippen LogP contribution in [0.3, 0.4) is 0 Å². The van der Waals surface area contributed by atoms with E-state index >= 15 is 0 Å². The Bertz CT molecular complexity index is 1130. The summed E-state index contributed by atoms with van der Waals surface area (Å²) in [5.41, 5.74) is 0.463. The van der Waals surface area contributed by atoms with Gasteiger partial charge in [-0.25, -0.2) is 8.42 Å². The molecule has 0 spiro atoms. The molecule has 1 saturated heterocycles. The van der Waals surface area contributed by atoms with Gasteiger partial charge in [0.25, 0.3) is 5.91 Å². The highest BCUT2D eigenvalue weighted by Crippen LogP contribution is 2.32. The Morgan fingerprint density at radius 1 is 1.09 bits per heavy atom. The molecular weight excluding hydrogens is 452 g/mol. The van der Waals surface area contributed by atoms with Gasteiger partial charge >= 0.3 is 5.97 Å². The van der Waals surface area contributed by atoms with Crippen molar-refractivity contribution in [1.29, 1.82) is 0 Å². The molecule has 0 radical (unpaired) electrons. The third-order valence-electron chi connectivity index (χ3n) is 5.31. The number of methoxy groups -OCH3 is 1. The van der Waals surface area contributed by atoms with Crippen molar-refractivity contribution in [2.45, 2.75) is 23.8 Å². The lowest BCUT2D eigenvalue weighted by Gasteiger charge is -2.22. The SMILES string of the molecule is COc1ccc(S(=O)(=O)N2CCC[C@H]2C(=O)OCC(=O)Nc2ccc3c(c2)OCCO3)cc1.